The highest BCUT2D eigenvalue weighted by Gasteiger charge is 2.23. The Labute approximate surface area is 144 Å². The predicted octanol–water partition coefficient (Wildman–Crippen LogP) is 2.56. The van der Waals surface area contributed by atoms with Gasteiger partial charge in [0.15, 0.2) is 0 Å². The number of hydrogen-bond acceptors (Lipinski definition) is 5. The summed E-state index contributed by atoms with van der Waals surface area (Å²) in [6.07, 6.45) is 4.20. The molecule has 1 aromatic carbocycles. The Balaban J connectivity index is 1.57. The highest BCUT2D eigenvalue weighted by molar-refractivity contribution is 7.08. The van der Waals surface area contributed by atoms with Crippen molar-refractivity contribution < 1.29 is 9.59 Å². The topological polar surface area (TPSA) is 84.0 Å². The Bertz CT molecular complexity index is 722. The van der Waals surface area contributed by atoms with Crippen LogP contribution in [0.4, 0.5) is 5.69 Å². The summed E-state index contributed by atoms with van der Waals surface area (Å²) in [6, 6.07) is 7.72. The van der Waals surface area contributed by atoms with E-state index in [0.29, 0.717) is 23.0 Å². The molecule has 2 N–H and O–H groups in total. The molecule has 0 saturated heterocycles. The first-order valence-corrected chi connectivity index (χ1v) is 8.94. The molecule has 24 heavy (non-hydrogen) atoms. The fraction of sp³-hybridized carbons (Fsp3) is 0.412. The summed E-state index contributed by atoms with van der Waals surface area (Å²) < 4.78 is 3.87. The van der Waals surface area contributed by atoms with Gasteiger partial charge in [0.25, 0.3) is 5.91 Å². The molecule has 7 heteroatoms. The average Bonchev–Trinajstić information content (AvgIpc) is 3.24. The van der Waals surface area contributed by atoms with E-state index in [-0.39, 0.29) is 11.8 Å². The van der Waals surface area contributed by atoms with Crippen molar-refractivity contribution in [1.29, 1.82) is 0 Å². The molecular weight excluding hydrogens is 324 g/mol. The van der Waals surface area contributed by atoms with Crippen LogP contribution in [0.15, 0.2) is 24.3 Å². The van der Waals surface area contributed by atoms with Crippen molar-refractivity contribution >= 4 is 29.0 Å². The first kappa shape index (κ1) is 16.6. The number of hydrogen-bond donors (Lipinski definition) is 2. The fourth-order valence-corrected chi connectivity index (χ4v) is 2.97. The minimum Gasteiger partial charge on any atom is -0.353 e. The SMILES string of the molecule is CCCc1nnsc1C(=O)Nc1ccc(CC(=O)NC2CC2)cc1. The molecule has 0 bridgehead atoms. The lowest BCUT2D eigenvalue weighted by atomic mass is 10.1. The Morgan fingerprint density at radius 3 is 2.67 bits per heavy atom. The van der Waals surface area contributed by atoms with E-state index in [1.54, 1.807) is 0 Å². The molecule has 0 aliphatic heterocycles. The van der Waals surface area contributed by atoms with Gasteiger partial charge in [-0.3, -0.25) is 9.59 Å². The van der Waals surface area contributed by atoms with E-state index in [0.717, 1.165) is 48.5 Å². The molecule has 1 aliphatic carbocycles. The van der Waals surface area contributed by atoms with Gasteiger partial charge in [0.1, 0.15) is 4.88 Å². The summed E-state index contributed by atoms with van der Waals surface area (Å²) in [5.74, 6) is -0.137. The van der Waals surface area contributed by atoms with E-state index < -0.39 is 0 Å². The van der Waals surface area contributed by atoms with E-state index in [2.05, 4.69) is 20.2 Å². The number of benzene rings is 1. The maximum atomic E-state index is 12.3. The van der Waals surface area contributed by atoms with Crippen LogP contribution in [-0.4, -0.2) is 27.4 Å². The Morgan fingerprint density at radius 2 is 2.00 bits per heavy atom. The van der Waals surface area contributed by atoms with Gasteiger partial charge in [-0.2, -0.15) is 0 Å². The summed E-state index contributed by atoms with van der Waals surface area (Å²) in [5, 5.41) is 9.83. The van der Waals surface area contributed by atoms with Gasteiger partial charge in [0, 0.05) is 11.7 Å². The Kier molecular flexibility index (Phi) is 5.20. The number of rotatable bonds is 7. The second-order valence-electron chi connectivity index (χ2n) is 5.97. The van der Waals surface area contributed by atoms with Crippen molar-refractivity contribution in [2.45, 2.75) is 45.1 Å². The second-order valence-corrected chi connectivity index (χ2v) is 6.72. The average molecular weight is 344 g/mol. The number of carbonyl (C=O) groups excluding carboxylic acids is 2. The molecule has 0 radical (unpaired) electrons. The molecule has 1 saturated carbocycles. The van der Waals surface area contributed by atoms with Crippen molar-refractivity contribution in [2.75, 3.05) is 5.32 Å². The summed E-state index contributed by atoms with van der Waals surface area (Å²) >= 11 is 1.11. The molecule has 1 fully saturated rings. The van der Waals surface area contributed by atoms with Crippen LogP contribution in [0.2, 0.25) is 0 Å². The quantitative estimate of drug-likeness (QED) is 0.808. The number of nitrogens with zero attached hydrogens (tertiary/aromatic N) is 2. The lowest BCUT2D eigenvalue weighted by Crippen LogP contribution is -2.26. The molecule has 0 atom stereocenters. The van der Waals surface area contributed by atoms with Crippen molar-refractivity contribution in [3.05, 3.63) is 40.4 Å². The van der Waals surface area contributed by atoms with Crippen molar-refractivity contribution in [1.82, 2.24) is 14.9 Å². The van der Waals surface area contributed by atoms with Crippen molar-refractivity contribution in [3.63, 3.8) is 0 Å². The maximum Gasteiger partial charge on any atom is 0.269 e. The van der Waals surface area contributed by atoms with Crippen LogP contribution in [0.3, 0.4) is 0 Å². The third kappa shape index (κ3) is 4.38. The van der Waals surface area contributed by atoms with Gasteiger partial charge in [0.05, 0.1) is 12.1 Å². The fourth-order valence-electron chi connectivity index (χ4n) is 2.37. The van der Waals surface area contributed by atoms with E-state index >= 15 is 0 Å². The van der Waals surface area contributed by atoms with E-state index in [9.17, 15) is 9.59 Å². The van der Waals surface area contributed by atoms with Gasteiger partial charge >= 0.3 is 0 Å². The lowest BCUT2D eigenvalue weighted by molar-refractivity contribution is -0.120. The minimum absolute atomic E-state index is 0.0502. The molecule has 6 nitrogen and oxygen atoms in total. The number of nitrogens with one attached hydrogen (secondary N) is 2. The zero-order valence-corrected chi connectivity index (χ0v) is 14.4. The van der Waals surface area contributed by atoms with Crippen molar-refractivity contribution in [2.24, 2.45) is 0 Å². The summed E-state index contributed by atoms with van der Waals surface area (Å²) in [7, 11) is 0. The monoisotopic (exact) mass is 344 g/mol. The highest BCUT2D eigenvalue weighted by Crippen LogP contribution is 2.19. The first-order valence-electron chi connectivity index (χ1n) is 8.16. The molecule has 0 unspecified atom stereocenters. The molecule has 1 aliphatic rings. The molecule has 0 spiro atoms. The van der Waals surface area contributed by atoms with Gasteiger partial charge < -0.3 is 10.6 Å². The molecule has 1 heterocycles. The van der Waals surface area contributed by atoms with Crippen LogP contribution >= 0.6 is 11.5 Å². The van der Waals surface area contributed by atoms with Crippen LogP contribution in [0, 0.1) is 0 Å². The van der Waals surface area contributed by atoms with Crippen LogP contribution in [-0.2, 0) is 17.6 Å². The number of aromatic nitrogens is 2. The summed E-state index contributed by atoms with van der Waals surface area (Å²) in [5.41, 5.74) is 2.37. The minimum atomic E-state index is -0.187. The molecule has 1 aromatic heterocycles. The third-order valence-electron chi connectivity index (χ3n) is 3.77. The summed E-state index contributed by atoms with van der Waals surface area (Å²) in [6.45, 7) is 2.04. The standard InChI is InChI=1S/C17H20N4O2S/c1-2-3-14-16(24-21-20-14)17(23)19-13-6-4-11(5-7-13)10-15(22)18-12-8-9-12/h4-7,12H,2-3,8-10H2,1H3,(H,18,22)(H,19,23). The van der Waals surface area contributed by atoms with E-state index in [1.165, 1.54) is 0 Å². The zero-order valence-electron chi connectivity index (χ0n) is 13.5. The Hall–Kier alpha value is -2.28. The normalized spacial score (nSPS) is 13.5. The van der Waals surface area contributed by atoms with Gasteiger partial charge in [0.2, 0.25) is 5.91 Å². The van der Waals surface area contributed by atoms with Crippen LogP contribution in [0.25, 0.3) is 0 Å². The second kappa shape index (κ2) is 7.53. The number of anilines is 1. The molecule has 2 amide bonds. The van der Waals surface area contributed by atoms with Gasteiger partial charge in [-0.25, -0.2) is 0 Å². The largest absolute Gasteiger partial charge is 0.353 e. The first-order chi connectivity index (χ1) is 11.7. The number of aryl methyl sites for hydroxylation is 1. The highest BCUT2D eigenvalue weighted by atomic mass is 32.1. The van der Waals surface area contributed by atoms with Crippen LogP contribution in [0.5, 0.6) is 0 Å². The number of carbonyl (C=O) groups is 2. The van der Waals surface area contributed by atoms with E-state index in [4.69, 9.17) is 0 Å². The number of amides is 2. The van der Waals surface area contributed by atoms with Crippen molar-refractivity contribution in [3.8, 4) is 0 Å². The maximum absolute atomic E-state index is 12.3. The van der Waals surface area contributed by atoms with Gasteiger partial charge in [-0.1, -0.05) is 30.0 Å². The van der Waals surface area contributed by atoms with E-state index in [1.807, 2.05) is 31.2 Å². The molecule has 2 aromatic rings. The third-order valence-corrected chi connectivity index (χ3v) is 4.53. The summed E-state index contributed by atoms with van der Waals surface area (Å²) in [4.78, 5) is 24.7. The van der Waals surface area contributed by atoms with Crippen LogP contribution < -0.4 is 10.6 Å². The smallest absolute Gasteiger partial charge is 0.269 e. The van der Waals surface area contributed by atoms with Gasteiger partial charge in [-0.05, 0) is 48.5 Å². The predicted molar refractivity (Wildman–Crippen MR) is 93.2 cm³/mol. The Morgan fingerprint density at radius 1 is 1.25 bits per heavy atom. The zero-order chi connectivity index (χ0) is 16.9. The lowest BCUT2D eigenvalue weighted by Gasteiger charge is -2.07. The molecule has 126 valence electrons. The van der Waals surface area contributed by atoms with Crippen LogP contribution in [0.1, 0.15) is 47.1 Å². The van der Waals surface area contributed by atoms with Gasteiger partial charge in [-0.15, -0.1) is 5.10 Å². The molecular formula is C17H20N4O2S. The molecule has 3 rings (SSSR count).